The topological polar surface area (TPSA) is 52.8 Å². The number of hydrogen-bond acceptors (Lipinski definition) is 4. The molecule has 8 heteroatoms. The highest BCUT2D eigenvalue weighted by molar-refractivity contribution is 5.76. The van der Waals surface area contributed by atoms with Crippen LogP contribution in [-0.4, -0.2) is 26.9 Å². The summed E-state index contributed by atoms with van der Waals surface area (Å²) in [7, 11) is 1.54. The monoisotopic (exact) mass is 370 g/mol. The van der Waals surface area contributed by atoms with Crippen LogP contribution in [0.2, 0.25) is 0 Å². The highest BCUT2D eigenvalue weighted by atomic mass is 19.4. The fourth-order valence-corrected chi connectivity index (χ4v) is 2.78. The van der Waals surface area contributed by atoms with Crippen LogP contribution in [0.25, 0.3) is 28.1 Å². The van der Waals surface area contributed by atoms with Crippen LogP contribution in [0.4, 0.5) is 13.2 Å². The van der Waals surface area contributed by atoms with Gasteiger partial charge in [-0.15, -0.1) is 0 Å². The van der Waals surface area contributed by atoms with Crippen LogP contribution in [0, 0.1) is 0 Å². The standard InChI is InChI=1S/C19H13F3N4O/c1-27-13-8-6-12(7-9-13)16-10-11-23-26(16)18-17(19(20,21)22)24-14-4-2-3-5-15(14)25-18/h2-11H,1H3. The van der Waals surface area contributed by atoms with Gasteiger partial charge in [0.25, 0.3) is 0 Å². The smallest absolute Gasteiger partial charge is 0.437 e. The average Bonchev–Trinajstić information content (AvgIpc) is 3.16. The highest BCUT2D eigenvalue weighted by Gasteiger charge is 2.38. The molecular formula is C19H13F3N4O. The van der Waals surface area contributed by atoms with Crippen molar-refractivity contribution in [2.45, 2.75) is 6.18 Å². The molecule has 0 saturated heterocycles. The molecule has 5 nitrogen and oxygen atoms in total. The van der Waals surface area contributed by atoms with E-state index in [1.165, 1.54) is 12.3 Å². The molecule has 0 amide bonds. The summed E-state index contributed by atoms with van der Waals surface area (Å²) in [5.41, 5.74) is 0.590. The minimum atomic E-state index is -4.67. The molecule has 0 saturated carbocycles. The van der Waals surface area contributed by atoms with Crippen molar-refractivity contribution in [2.24, 2.45) is 0 Å². The minimum absolute atomic E-state index is 0.173. The number of para-hydroxylation sites is 2. The van der Waals surface area contributed by atoms with Gasteiger partial charge in [0.05, 0.1) is 30.0 Å². The second kappa shape index (κ2) is 6.39. The molecule has 0 aliphatic rings. The van der Waals surface area contributed by atoms with E-state index >= 15 is 0 Å². The number of aromatic nitrogens is 4. The van der Waals surface area contributed by atoms with E-state index in [4.69, 9.17) is 4.74 Å². The average molecular weight is 370 g/mol. The Morgan fingerprint density at radius 1 is 0.889 bits per heavy atom. The van der Waals surface area contributed by atoms with E-state index in [0.717, 1.165) is 4.68 Å². The van der Waals surface area contributed by atoms with Crippen molar-refractivity contribution in [3.63, 3.8) is 0 Å². The molecule has 0 aliphatic carbocycles. The number of alkyl halides is 3. The summed E-state index contributed by atoms with van der Waals surface area (Å²) in [6.07, 6.45) is -3.24. The Hall–Kier alpha value is -3.42. The predicted molar refractivity (Wildman–Crippen MR) is 93.7 cm³/mol. The zero-order valence-electron chi connectivity index (χ0n) is 14.1. The second-order valence-corrected chi connectivity index (χ2v) is 5.74. The van der Waals surface area contributed by atoms with Crippen molar-refractivity contribution >= 4 is 11.0 Å². The van der Waals surface area contributed by atoms with Crippen LogP contribution in [-0.2, 0) is 6.18 Å². The van der Waals surface area contributed by atoms with E-state index in [-0.39, 0.29) is 11.3 Å². The molecule has 0 atom stereocenters. The van der Waals surface area contributed by atoms with Gasteiger partial charge in [0.2, 0.25) is 0 Å². The molecule has 0 unspecified atom stereocenters. The van der Waals surface area contributed by atoms with E-state index in [9.17, 15) is 13.2 Å². The van der Waals surface area contributed by atoms with Gasteiger partial charge in [-0.2, -0.15) is 18.3 Å². The van der Waals surface area contributed by atoms with Crippen molar-refractivity contribution in [1.82, 2.24) is 19.7 Å². The first-order chi connectivity index (χ1) is 13.0. The lowest BCUT2D eigenvalue weighted by molar-refractivity contribution is -0.141. The fourth-order valence-electron chi connectivity index (χ4n) is 2.78. The van der Waals surface area contributed by atoms with Gasteiger partial charge in [0, 0.05) is 5.56 Å². The number of hydrogen-bond donors (Lipinski definition) is 0. The number of fused-ring (bicyclic) bond motifs is 1. The summed E-state index contributed by atoms with van der Waals surface area (Å²) < 4.78 is 47.2. The molecule has 4 rings (SSSR count). The first kappa shape index (κ1) is 17.0. The second-order valence-electron chi connectivity index (χ2n) is 5.74. The maximum Gasteiger partial charge on any atom is 0.437 e. The first-order valence-electron chi connectivity index (χ1n) is 8.00. The summed E-state index contributed by atoms with van der Waals surface area (Å²) in [6, 6.07) is 15.0. The third-order valence-corrected chi connectivity index (χ3v) is 4.05. The van der Waals surface area contributed by atoms with Gasteiger partial charge >= 0.3 is 6.18 Å². The van der Waals surface area contributed by atoms with Crippen LogP contribution < -0.4 is 4.74 Å². The van der Waals surface area contributed by atoms with Crippen LogP contribution >= 0.6 is 0 Å². The molecule has 0 aliphatic heterocycles. The van der Waals surface area contributed by atoms with Gasteiger partial charge in [-0.05, 0) is 42.5 Å². The number of nitrogens with zero attached hydrogens (tertiary/aromatic N) is 4. The molecule has 0 radical (unpaired) electrons. The number of halogens is 3. The number of benzene rings is 2. The quantitative estimate of drug-likeness (QED) is 0.532. The number of methoxy groups -OCH3 is 1. The SMILES string of the molecule is COc1ccc(-c2ccnn2-c2nc3ccccc3nc2C(F)(F)F)cc1. The van der Waals surface area contributed by atoms with Crippen molar-refractivity contribution < 1.29 is 17.9 Å². The Kier molecular flexibility index (Phi) is 4.02. The summed E-state index contributed by atoms with van der Waals surface area (Å²) in [5, 5.41) is 4.07. The Morgan fingerprint density at radius 2 is 1.56 bits per heavy atom. The summed E-state index contributed by atoms with van der Waals surface area (Å²) >= 11 is 0. The van der Waals surface area contributed by atoms with Gasteiger partial charge in [-0.3, -0.25) is 0 Å². The van der Waals surface area contributed by atoms with Crippen LogP contribution in [0.15, 0.2) is 60.8 Å². The van der Waals surface area contributed by atoms with E-state index in [0.29, 0.717) is 22.5 Å². The van der Waals surface area contributed by atoms with Crippen molar-refractivity contribution in [2.75, 3.05) is 7.11 Å². The minimum Gasteiger partial charge on any atom is -0.497 e. The molecule has 0 bridgehead atoms. The van der Waals surface area contributed by atoms with Gasteiger partial charge in [0.15, 0.2) is 11.5 Å². The van der Waals surface area contributed by atoms with Gasteiger partial charge in [-0.1, -0.05) is 12.1 Å². The Labute approximate surface area is 152 Å². The lowest BCUT2D eigenvalue weighted by atomic mass is 10.1. The molecule has 4 aromatic rings. The number of ether oxygens (including phenoxy) is 1. The zero-order chi connectivity index (χ0) is 19.0. The molecular weight excluding hydrogens is 357 g/mol. The third kappa shape index (κ3) is 3.10. The molecule has 2 aromatic heterocycles. The van der Waals surface area contributed by atoms with Gasteiger partial charge < -0.3 is 4.74 Å². The Bertz CT molecular complexity index is 1100. The van der Waals surface area contributed by atoms with Crippen LogP contribution in [0.1, 0.15) is 5.69 Å². The highest BCUT2D eigenvalue weighted by Crippen LogP contribution is 2.34. The molecule has 0 N–H and O–H groups in total. The third-order valence-electron chi connectivity index (χ3n) is 4.05. The molecule has 2 heterocycles. The van der Waals surface area contributed by atoms with Crippen molar-refractivity contribution in [3.05, 3.63) is 66.5 Å². The maximum atomic E-state index is 13.6. The van der Waals surface area contributed by atoms with Gasteiger partial charge in [-0.25, -0.2) is 14.6 Å². The van der Waals surface area contributed by atoms with E-state index < -0.39 is 11.9 Å². The van der Waals surface area contributed by atoms with Crippen LogP contribution in [0.3, 0.4) is 0 Å². The number of rotatable bonds is 3. The first-order valence-corrected chi connectivity index (χ1v) is 8.00. The lowest BCUT2D eigenvalue weighted by Crippen LogP contribution is -2.16. The zero-order valence-corrected chi connectivity index (χ0v) is 14.1. The molecule has 27 heavy (non-hydrogen) atoms. The normalized spacial score (nSPS) is 11.7. The summed E-state index contributed by atoms with van der Waals surface area (Å²) in [4.78, 5) is 7.99. The van der Waals surface area contributed by atoms with Crippen molar-refractivity contribution in [3.8, 4) is 22.8 Å². The maximum absolute atomic E-state index is 13.6. The molecule has 0 fully saturated rings. The molecule has 136 valence electrons. The van der Waals surface area contributed by atoms with Gasteiger partial charge in [0.1, 0.15) is 5.75 Å². The van der Waals surface area contributed by atoms with E-state index in [1.54, 1.807) is 55.6 Å². The largest absolute Gasteiger partial charge is 0.497 e. The Morgan fingerprint density at radius 3 is 2.19 bits per heavy atom. The lowest BCUT2D eigenvalue weighted by Gasteiger charge is -2.14. The molecule has 2 aromatic carbocycles. The Balaban J connectivity index is 1.93. The predicted octanol–water partition coefficient (Wildman–Crippen LogP) is 4.51. The van der Waals surface area contributed by atoms with E-state index in [2.05, 4.69) is 15.1 Å². The summed E-state index contributed by atoms with van der Waals surface area (Å²) in [5.74, 6) is 0.281. The molecule has 0 spiro atoms. The van der Waals surface area contributed by atoms with Crippen LogP contribution in [0.5, 0.6) is 5.75 Å². The van der Waals surface area contributed by atoms with E-state index in [1.807, 2.05) is 0 Å². The fraction of sp³-hybridized carbons (Fsp3) is 0.105. The summed E-state index contributed by atoms with van der Waals surface area (Å²) in [6.45, 7) is 0. The van der Waals surface area contributed by atoms with Crippen molar-refractivity contribution in [1.29, 1.82) is 0 Å².